The molecule has 114 valence electrons. The third-order valence-corrected chi connectivity index (χ3v) is 3.71. The fourth-order valence-corrected chi connectivity index (χ4v) is 2.44. The van der Waals surface area contributed by atoms with Gasteiger partial charge >= 0.3 is 0 Å². The van der Waals surface area contributed by atoms with Gasteiger partial charge in [0.05, 0.1) is 5.69 Å². The number of halogens is 1. The molecule has 0 saturated heterocycles. The van der Waals surface area contributed by atoms with Crippen molar-refractivity contribution < 1.29 is 9.59 Å². The molecule has 0 aliphatic carbocycles. The molecule has 0 spiro atoms. The van der Waals surface area contributed by atoms with Gasteiger partial charge in [-0.15, -0.1) is 0 Å². The Hall–Kier alpha value is -2.21. The Balaban J connectivity index is 2.01. The Bertz CT molecular complexity index is 661. The van der Waals surface area contributed by atoms with Crippen LogP contribution in [0.15, 0.2) is 53.3 Å². The van der Waals surface area contributed by atoms with Crippen LogP contribution in [0.4, 0.5) is 5.69 Å². The molecule has 1 aromatic carbocycles. The van der Waals surface area contributed by atoms with Crippen LogP contribution in [0.25, 0.3) is 0 Å². The molecule has 6 heteroatoms. The molecule has 1 aromatic heterocycles. The number of nitrogens with zero attached hydrogens (tertiary/aromatic N) is 2. The molecule has 1 N–H and O–H groups in total. The van der Waals surface area contributed by atoms with E-state index in [0.717, 1.165) is 10.0 Å². The lowest BCUT2D eigenvalue weighted by atomic mass is 10.2. The highest BCUT2D eigenvalue weighted by Gasteiger charge is 2.17. The molecule has 2 rings (SSSR count). The van der Waals surface area contributed by atoms with Gasteiger partial charge in [0, 0.05) is 30.3 Å². The zero-order chi connectivity index (χ0) is 15.9. The van der Waals surface area contributed by atoms with Crippen LogP contribution >= 0.6 is 15.9 Å². The highest BCUT2D eigenvalue weighted by atomic mass is 79.9. The summed E-state index contributed by atoms with van der Waals surface area (Å²) < 4.78 is 0.769. The van der Waals surface area contributed by atoms with Gasteiger partial charge < -0.3 is 10.2 Å². The largest absolute Gasteiger partial charge is 0.350 e. The van der Waals surface area contributed by atoms with E-state index in [9.17, 15) is 9.59 Å². The van der Waals surface area contributed by atoms with E-state index in [-0.39, 0.29) is 18.4 Å². The van der Waals surface area contributed by atoms with Gasteiger partial charge in [-0.1, -0.05) is 18.2 Å². The van der Waals surface area contributed by atoms with Crippen molar-refractivity contribution in [1.29, 1.82) is 0 Å². The summed E-state index contributed by atoms with van der Waals surface area (Å²) in [4.78, 5) is 29.3. The van der Waals surface area contributed by atoms with Crippen LogP contribution in [-0.2, 0) is 16.1 Å². The quantitative estimate of drug-likeness (QED) is 0.889. The van der Waals surface area contributed by atoms with Gasteiger partial charge in [-0.05, 0) is 39.7 Å². The summed E-state index contributed by atoms with van der Waals surface area (Å²) in [5, 5.41) is 2.79. The first-order chi connectivity index (χ1) is 10.6. The molecule has 5 nitrogen and oxygen atoms in total. The number of hydrogen-bond acceptors (Lipinski definition) is 3. The molecule has 0 saturated carbocycles. The summed E-state index contributed by atoms with van der Waals surface area (Å²) in [6.07, 6.45) is 3.37. The smallest absolute Gasteiger partial charge is 0.240 e. The molecule has 2 aromatic rings. The van der Waals surface area contributed by atoms with E-state index in [1.54, 1.807) is 18.5 Å². The lowest BCUT2D eigenvalue weighted by Crippen LogP contribution is -2.39. The number of nitrogens with one attached hydrogen (secondary N) is 1. The van der Waals surface area contributed by atoms with Crippen LogP contribution in [-0.4, -0.2) is 23.3 Å². The average Bonchev–Trinajstić information content (AvgIpc) is 2.52. The molecule has 0 atom stereocenters. The number of carbonyl (C=O) groups excluding carboxylic acids is 2. The number of para-hydroxylation sites is 1. The van der Waals surface area contributed by atoms with Crippen molar-refractivity contribution in [1.82, 2.24) is 10.3 Å². The second-order valence-electron chi connectivity index (χ2n) is 4.69. The molecular weight excluding hydrogens is 346 g/mol. The third kappa shape index (κ3) is 4.39. The summed E-state index contributed by atoms with van der Waals surface area (Å²) in [6, 6.07) is 11.0. The lowest BCUT2D eigenvalue weighted by molar-refractivity contribution is -0.123. The van der Waals surface area contributed by atoms with Crippen LogP contribution in [0.2, 0.25) is 0 Å². The first-order valence-electron chi connectivity index (χ1n) is 6.76. The molecule has 0 unspecified atom stereocenters. The Kier molecular flexibility index (Phi) is 5.66. The molecular formula is C16H16BrN3O2. The van der Waals surface area contributed by atoms with Gasteiger partial charge in [0.1, 0.15) is 6.54 Å². The number of anilines is 1. The van der Waals surface area contributed by atoms with E-state index < -0.39 is 0 Å². The van der Waals surface area contributed by atoms with E-state index >= 15 is 0 Å². The molecule has 2 amide bonds. The molecule has 0 bridgehead atoms. The van der Waals surface area contributed by atoms with Gasteiger partial charge in [0.25, 0.3) is 0 Å². The van der Waals surface area contributed by atoms with E-state index in [1.165, 1.54) is 11.8 Å². The van der Waals surface area contributed by atoms with E-state index in [0.29, 0.717) is 12.2 Å². The van der Waals surface area contributed by atoms with Crippen molar-refractivity contribution in [3.63, 3.8) is 0 Å². The molecule has 0 fully saturated rings. The fraction of sp³-hybridized carbons (Fsp3) is 0.188. The van der Waals surface area contributed by atoms with Crippen molar-refractivity contribution >= 4 is 33.4 Å². The number of carbonyl (C=O) groups is 2. The van der Waals surface area contributed by atoms with E-state index in [1.807, 2.05) is 30.3 Å². The minimum atomic E-state index is -0.227. The SMILES string of the molecule is CC(=O)N(CC(=O)NCc1cccnc1)c1ccccc1Br. The van der Waals surface area contributed by atoms with Crippen LogP contribution in [0, 0.1) is 0 Å². The van der Waals surface area contributed by atoms with Gasteiger partial charge in [0.2, 0.25) is 11.8 Å². The van der Waals surface area contributed by atoms with Crippen LogP contribution < -0.4 is 10.2 Å². The lowest BCUT2D eigenvalue weighted by Gasteiger charge is -2.21. The molecule has 1 heterocycles. The second kappa shape index (κ2) is 7.70. The standard InChI is InChI=1S/C16H16BrN3O2/c1-12(21)20(15-7-3-2-6-14(15)17)11-16(22)19-10-13-5-4-8-18-9-13/h2-9H,10-11H2,1H3,(H,19,22). The van der Waals surface area contributed by atoms with Crippen molar-refractivity contribution in [2.24, 2.45) is 0 Å². The molecule has 0 radical (unpaired) electrons. The van der Waals surface area contributed by atoms with E-state index in [2.05, 4.69) is 26.2 Å². The number of pyridine rings is 1. The van der Waals surface area contributed by atoms with Crippen molar-refractivity contribution in [3.05, 3.63) is 58.8 Å². The van der Waals surface area contributed by atoms with Gasteiger partial charge in [-0.25, -0.2) is 0 Å². The summed E-state index contributed by atoms with van der Waals surface area (Å²) in [7, 11) is 0. The van der Waals surface area contributed by atoms with Gasteiger partial charge in [0.15, 0.2) is 0 Å². The second-order valence-corrected chi connectivity index (χ2v) is 5.55. The van der Waals surface area contributed by atoms with Crippen LogP contribution in [0.3, 0.4) is 0 Å². The highest BCUT2D eigenvalue weighted by molar-refractivity contribution is 9.10. The maximum absolute atomic E-state index is 12.1. The Morgan fingerprint density at radius 2 is 2.00 bits per heavy atom. The Labute approximate surface area is 137 Å². The number of aromatic nitrogens is 1. The first-order valence-corrected chi connectivity index (χ1v) is 7.55. The van der Waals surface area contributed by atoms with Crippen molar-refractivity contribution in [3.8, 4) is 0 Å². The number of rotatable bonds is 5. The predicted octanol–water partition coefficient (Wildman–Crippen LogP) is 2.51. The summed E-state index contributed by atoms with van der Waals surface area (Å²) >= 11 is 3.40. The van der Waals surface area contributed by atoms with E-state index in [4.69, 9.17) is 0 Å². The highest BCUT2D eigenvalue weighted by Crippen LogP contribution is 2.25. The zero-order valence-electron chi connectivity index (χ0n) is 12.1. The van der Waals surface area contributed by atoms with Crippen LogP contribution in [0.1, 0.15) is 12.5 Å². The van der Waals surface area contributed by atoms with Gasteiger partial charge in [-0.2, -0.15) is 0 Å². The molecule has 22 heavy (non-hydrogen) atoms. The zero-order valence-corrected chi connectivity index (χ0v) is 13.7. The summed E-state index contributed by atoms with van der Waals surface area (Å²) in [6.45, 7) is 1.79. The minimum absolute atomic E-state index is 0.0296. The average molecular weight is 362 g/mol. The first kappa shape index (κ1) is 16.2. The summed E-state index contributed by atoms with van der Waals surface area (Å²) in [5.74, 6) is -0.418. The predicted molar refractivity (Wildman–Crippen MR) is 88.3 cm³/mol. The number of benzene rings is 1. The molecule has 0 aliphatic heterocycles. The number of hydrogen-bond donors (Lipinski definition) is 1. The number of amides is 2. The topological polar surface area (TPSA) is 62.3 Å². The van der Waals surface area contributed by atoms with Crippen molar-refractivity contribution in [2.45, 2.75) is 13.5 Å². The third-order valence-electron chi connectivity index (χ3n) is 3.04. The van der Waals surface area contributed by atoms with Gasteiger partial charge in [-0.3, -0.25) is 14.6 Å². The fourth-order valence-electron chi connectivity index (χ4n) is 1.94. The molecule has 0 aliphatic rings. The minimum Gasteiger partial charge on any atom is -0.350 e. The Morgan fingerprint density at radius 3 is 2.64 bits per heavy atom. The normalized spacial score (nSPS) is 10.1. The maximum atomic E-state index is 12.1. The maximum Gasteiger partial charge on any atom is 0.240 e. The van der Waals surface area contributed by atoms with Crippen LogP contribution in [0.5, 0.6) is 0 Å². The monoisotopic (exact) mass is 361 g/mol. The summed E-state index contributed by atoms with van der Waals surface area (Å²) in [5.41, 5.74) is 1.58. The van der Waals surface area contributed by atoms with Crippen molar-refractivity contribution in [2.75, 3.05) is 11.4 Å². The Morgan fingerprint density at radius 1 is 1.23 bits per heavy atom.